The standard InChI is InChI=1S/C41H25NS/c1-2-11-27(12-3-1)39-32-14-6-8-16-34(32)40(35-17-9-7-15-33(35)39)37-23-20-29(25-42-37)28-19-21-31-36-22-18-26-10-4-5-13-30(26)41(36)43-38(31)24-28/h1-25H. The van der Waals surface area contributed by atoms with Crippen LogP contribution in [0.15, 0.2) is 152 Å². The third-order valence-corrected chi connectivity index (χ3v) is 9.91. The molecule has 2 heteroatoms. The molecule has 0 spiro atoms. The van der Waals surface area contributed by atoms with Gasteiger partial charge in [-0.1, -0.05) is 133 Å². The Morgan fingerprint density at radius 1 is 0.395 bits per heavy atom. The van der Waals surface area contributed by atoms with E-state index in [1.807, 2.05) is 17.5 Å². The molecule has 2 aromatic heterocycles. The van der Waals surface area contributed by atoms with Gasteiger partial charge in [-0.15, -0.1) is 11.3 Å². The van der Waals surface area contributed by atoms with Crippen LogP contribution in [-0.4, -0.2) is 4.98 Å². The number of benzene rings is 7. The van der Waals surface area contributed by atoms with Crippen molar-refractivity contribution in [3.8, 4) is 33.5 Å². The summed E-state index contributed by atoms with van der Waals surface area (Å²) < 4.78 is 2.66. The predicted octanol–water partition coefficient (Wildman–Crippen LogP) is 11.9. The summed E-state index contributed by atoms with van der Waals surface area (Å²) in [5.74, 6) is 0. The molecule has 2 heterocycles. The third-order valence-electron chi connectivity index (χ3n) is 8.71. The van der Waals surface area contributed by atoms with Crippen LogP contribution in [0.4, 0.5) is 0 Å². The highest BCUT2D eigenvalue weighted by atomic mass is 32.1. The van der Waals surface area contributed by atoms with Crippen LogP contribution in [0.1, 0.15) is 0 Å². The SMILES string of the molecule is c1ccc(-c2c3ccccc3c(-c3ccc(-c4ccc5c(c4)sc4c6ccccc6ccc54)cn3)c3ccccc23)cc1. The second kappa shape index (κ2) is 9.62. The van der Waals surface area contributed by atoms with Crippen LogP contribution in [0.2, 0.25) is 0 Å². The fraction of sp³-hybridized carbons (Fsp3) is 0. The highest BCUT2D eigenvalue weighted by Gasteiger charge is 2.17. The summed E-state index contributed by atoms with van der Waals surface area (Å²) in [5, 5.41) is 10.2. The summed E-state index contributed by atoms with van der Waals surface area (Å²) in [6, 6.07) is 52.6. The van der Waals surface area contributed by atoms with E-state index < -0.39 is 0 Å². The van der Waals surface area contributed by atoms with Gasteiger partial charge in [0.15, 0.2) is 0 Å². The number of hydrogen-bond acceptors (Lipinski definition) is 2. The molecular weight excluding hydrogens is 539 g/mol. The molecule has 0 aliphatic carbocycles. The van der Waals surface area contributed by atoms with Crippen molar-refractivity contribution in [2.45, 2.75) is 0 Å². The Bertz CT molecular complexity index is 2430. The molecule has 0 N–H and O–H groups in total. The molecule has 0 radical (unpaired) electrons. The largest absolute Gasteiger partial charge is 0.256 e. The topological polar surface area (TPSA) is 12.9 Å². The Hall–Kier alpha value is -5.31. The van der Waals surface area contributed by atoms with Gasteiger partial charge in [-0.3, -0.25) is 4.98 Å². The van der Waals surface area contributed by atoms with Crippen LogP contribution < -0.4 is 0 Å². The maximum absolute atomic E-state index is 5.10. The smallest absolute Gasteiger partial charge is 0.0714 e. The van der Waals surface area contributed by atoms with Gasteiger partial charge in [0.2, 0.25) is 0 Å². The van der Waals surface area contributed by atoms with E-state index in [1.165, 1.54) is 74.7 Å². The van der Waals surface area contributed by atoms with Crippen LogP contribution >= 0.6 is 11.3 Å². The molecule has 0 aliphatic rings. The summed E-state index contributed by atoms with van der Waals surface area (Å²) >= 11 is 1.88. The molecule has 9 rings (SSSR count). The molecule has 0 atom stereocenters. The van der Waals surface area contributed by atoms with Gasteiger partial charge in [-0.25, -0.2) is 0 Å². The lowest BCUT2D eigenvalue weighted by Gasteiger charge is -2.17. The number of thiophene rings is 1. The number of aromatic nitrogens is 1. The van der Waals surface area contributed by atoms with E-state index >= 15 is 0 Å². The van der Waals surface area contributed by atoms with Gasteiger partial charge < -0.3 is 0 Å². The predicted molar refractivity (Wildman–Crippen MR) is 186 cm³/mol. The minimum absolute atomic E-state index is 0.991. The second-order valence-electron chi connectivity index (χ2n) is 11.1. The number of fused-ring (bicyclic) bond motifs is 7. The van der Waals surface area contributed by atoms with Gasteiger partial charge in [-0.2, -0.15) is 0 Å². The Morgan fingerprint density at radius 3 is 1.70 bits per heavy atom. The first-order chi connectivity index (χ1) is 21.3. The van der Waals surface area contributed by atoms with Gasteiger partial charge in [0.1, 0.15) is 0 Å². The Balaban J connectivity index is 1.19. The molecule has 0 saturated carbocycles. The molecule has 7 aromatic carbocycles. The molecular formula is C41H25NS. The Morgan fingerprint density at radius 2 is 1.00 bits per heavy atom. The average molecular weight is 564 g/mol. The highest BCUT2D eigenvalue weighted by Crippen LogP contribution is 2.44. The first kappa shape index (κ1) is 24.3. The molecule has 9 aromatic rings. The van der Waals surface area contributed by atoms with Crippen LogP contribution in [0.25, 0.3) is 86.0 Å². The van der Waals surface area contributed by atoms with E-state index in [-0.39, 0.29) is 0 Å². The van der Waals surface area contributed by atoms with Crippen molar-refractivity contribution in [3.63, 3.8) is 0 Å². The van der Waals surface area contributed by atoms with Gasteiger partial charge in [-0.05, 0) is 61.1 Å². The maximum Gasteiger partial charge on any atom is 0.0714 e. The average Bonchev–Trinajstić information content (AvgIpc) is 3.46. The first-order valence-electron chi connectivity index (χ1n) is 14.6. The van der Waals surface area contributed by atoms with Gasteiger partial charge in [0, 0.05) is 37.5 Å². The van der Waals surface area contributed by atoms with Crippen LogP contribution in [-0.2, 0) is 0 Å². The van der Waals surface area contributed by atoms with Gasteiger partial charge in [0.25, 0.3) is 0 Å². The van der Waals surface area contributed by atoms with Crippen molar-refractivity contribution < 1.29 is 0 Å². The normalized spacial score (nSPS) is 11.7. The van der Waals surface area contributed by atoms with Crippen LogP contribution in [0.3, 0.4) is 0 Å². The minimum Gasteiger partial charge on any atom is -0.256 e. The fourth-order valence-electron chi connectivity index (χ4n) is 6.72. The molecule has 0 unspecified atom stereocenters. The summed E-state index contributed by atoms with van der Waals surface area (Å²) in [5.41, 5.74) is 7.00. The molecule has 43 heavy (non-hydrogen) atoms. The lowest BCUT2D eigenvalue weighted by atomic mass is 9.87. The zero-order chi connectivity index (χ0) is 28.3. The number of nitrogens with zero attached hydrogens (tertiary/aromatic N) is 1. The van der Waals surface area contributed by atoms with Crippen molar-refractivity contribution in [1.82, 2.24) is 4.98 Å². The lowest BCUT2D eigenvalue weighted by Crippen LogP contribution is -1.92. The summed E-state index contributed by atoms with van der Waals surface area (Å²) in [6.45, 7) is 0. The van der Waals surface area contributed by atoms with Gasteiger partial charge in [0.05, 0.1) is 5.69 Å². The van der Waals surface area contributed by atoms with E-state index in [9.17, 15) is 0 Å². The molecule has 0 saturated heterocycles. The number of hydrogen-bond donors (Lipinski definition) is 0. The van der Waals surface area contributed by atoms with Crippen molar-refractivity contribution >= 4 is 63.8 Å². The zero-order valence-electron chi connectivity index (χ0n) is 23.3. The van der Waals surface area contributed by atoms with Crippen molar-refractivity contribution in [2.75, 3.05) is 0 Å². The summed E-state index contributed by atoms with van der Waals surface area (Å²) in [6.07, 6.45) is 2.04. The number of pyridine rings is 1. The van der Waals surface area contributed by atoms with Gasteiger partial charge >= 0.3 is 0 Å². The maximum atomic E-state index is 5.10. The zero-order valence-corrected chi connectivity index (χ0v) is 24.1. The van der Waals surface area contributed by atoms with Crippen LogP contribution in [0.5, 0.6) is 0 Å². The van der Waals surface area contributed by atoms with Crippen molar-refractivity contribution in [2.24, 2.45) is 0 Å². The highest BCUT2D eigenvalue weighted by molar-refractivity contribution is 7.26. The molecule has 0 bridgehead atoms. The van der Waals surface area contributed by atoms with E-state index in [0.29, 0.717) is 0 Å². The quantitative estimate of drug-likeness (QED) is 0.195. The Kier molecular flexibility index (Phi) is 5.44. The van der Waals surface area contributed by atoms with E-state index in [2.05, 4.69) is 146 Å². The molecule has 0 aliphatic heterocycles. The lowest BCUT2D eigenvalue weighted by molar-refractivity contribution is 1.34. The first-order valence-corrected chi connectivity index (χ1v) is 15.4. The monoisotopic (exact) mass is 563 g/mol. The summed E-state index contributed by atoms with van der Waals surface area (Å²) in [4.78, 5) is 5.10. The fourth-order valence-corrected chi connectivity index (χ4v) is 7.99. The summed E-state index contributed by atoms with van der Waals surface area (Å²) in [7, 11) is 0. The molecule has 0 fully saturated rings. The number of rotatable bonds is 3. The molecule has 0 amide bonds. The Labute approximate surface area is 253 Å². The van der Waals surface area contributed by atoms with E-state index in [4.69, 9.17) is 4.98 Å². The molecule has 200 valence electrons. The van der Waals surface area contributed by atoms with E-state index in [1.54, 1.807) is 0 Å². The van der Waals surface area contributed by atoms with Crippen LogP contribution in [0, 0.1) is 0 Å². The van der Waals surface area contributed by atoms with Crippen molar-refractivity contribution in [1.29, 1.82) is 0 Å². The van der Waals surface area contributed by atoms with Crippen molar-refractivity contribution in [3.05, 3.63) is 152 Å². The molecule has 1 nitrogen and oxygen atoms in total. The van der Waals surface area contributed by atoms with E-state index in [0.717, 1.165) is 11.3 Å². The third kappa shape index (κ3) is 3.81. The minimum atomic E-state index is 0.991. The second-order valence-corrected chi connectivity index (χ2v) is 12.2.